The van der Waals surface area contributed by atoms with Crippen LogP contribution in [-0.2, 0) is 4.79 Å². The van der Waals surface area contributed by atoms with Crippen LogP contribution in [0.4, 0.5) is 0 Å². The highest BCUT2D eigenvalue weighted by atomic mass is 35.5. The summed E-state index contributed by atoms with van der Waals surface area (Å²) >= 11 is 5.42. The summed E-state index contributed by atoms with van der Waals surface area (Å²) in [7, 11) is 1.93. The first-order chi connectivity index (χ1) is 5.66. The highest BCUT2D eigenvalue weighted by Crippen LogP contribution is 2.26. The first kappa shape index (κ1) is 9.59. The molecule has 1 aliphatic carbocycles. The summed E-state index contributed by atoms with van der Waals surface area (Å²) in [5, 5.41) is -0.355. The van der Waals surface area contributed by atoms with Gasteiger partial charge in [-0.15, -0.1) is 0 Å². The molecule has 0 bridgehead atoms. The molecule has 0 aromatic carbocycles. The van der Waals surface area contributed by atoms with Crippen molar-refractivity contribution >= 4 is 16.8 Å². The minimum absolute atomic E-state index is 0.355. The summed E-state index contributed by atoms with van der Waals surface area (Å²) in [6.07, 6.45) is 5.39. The van der Waals surface area contributed by atoms with Gasteiger partial charge in [-0.25, -0.2) is 0 Å². The monoisotopic (exact) mass is 187 g/mol. The highest BCUT2D eigenvalue weighted by Gasteiger charge is 2.25. The molecule has 68 valence electrons. The number of carbonyl (C=O) groups excluding carboxylic acids is 1. The van der Waals surface area contributed by atoms with Crippen molar-refractivity contribution in [1.29, 1.82) is 0 Å². The van der Waals surface area contributed by atoms with Gasteiger partial charge in [-0.05, 0) is 37.8 Å². The maximum Gasteiger partial charge on any atom is 0.268 e. The second kappa shape index (κ2) is 3.94. The molecular formula is C9H14ClNO. The lowest BCUT2D eigenvalue weighted by Gasteiger charge is -2.36. The normalized spacial score (nSPS) is 18.8. The quantitative estimate of drug-likeness (QED) is 0.499. The van der Waals surface area contributed by atoms with Crippen molar-refractivity contribution in [2.24, 2.45) is 0 Å². The zero-order valence-corrected chi connectivity index (χ0v) is 8.27. The lowest BCUT2D eigenvalue weighted by Crippen LogP contribution is -2.37. The third kappa shape index (κ3) is 1.81. The van der Waals surface area contributed by atoms with Crippen LogP contribution in [0, 0.1) is 0 Å². The molecule has 12 heavy (non-hydrogen) atoms. The second-order valence-corrected chi connectivity index (χ2v) is 3.49. The molecule has 0 aromatic rings. The van der Waals surface area contributed by atoms with Gasteiger partial charge in [0.25, 0.3) is 5.24 Å². The Bertz CT molecular complexity index is 209. The van der Waals surface area contributed by atoms with E-state index < -0.39 is 0 Å². The molecule has 0 aliphatic heterocycles. The van der Waals surface area contributed by atoms with Crippen molar-refractivity contribution in [3.63, 3.8) is 0 Å². The number of nitrogens with zero attached hydrogens (tertiary/aromatic N) is 1. The number of likely N-dealkylation sites (N-methyl/N-ethyl adjacent to an activating group) is 1. The van der Waals surface area contributed by atoms with Crippen molar-refractivity contribution in [2.75, 3.05) is 7.05 Å². The Labute approximate surface area is 78.2 Å². The summed E-state index contributed by atoms with van der Waals surface area (Å²) in [6.45, 7) is 1.84. The fourth-order valence-electron chi connectivity index (χ4n) is 1.43. The lowest BCUT2D eigenvalue weighted by atomic mass is 9.91. The number of rotatable bonds is 3. The molecule has 0 spiro atoms. The fraction of sp³-hybridized carbons (Fsp3) is 0.667. The smallest absolute Gasteiger partial charge is 0.268 e. The zero-order chi connectivity index (χ0) is 9.14. The summed E-state index contributed by atoms with van der Waals surface area (Å²) < 4.78 is 0. The van der Waals surface area contributed by atoms with Gasteiger partial charge in [0, 0.05) is 13.1 Å². The number of hydrogen-bond acceptors (Lipinski definition) is 2. The van der Waals surface area contributed by atoms with E-state index in [1.165, 1.54) is 19.3 Å². The van der Waals surface area contributed by atoms with Crippen LogP contribution in [0.25, 0.3) is 0 Å². The van der Waals surface area contributed by atoms with Gasteiger partial charge in [0.15, 0.2) is 0 Å². The Morgan fingerprint density at radius 2 is 2.17 bits per heavy atom. The molecule has 0 heterocycles. The Morgan fingerprint density at radius 1 is 1.58 bits per heavy atom. The number of allylic oxidation sites excluding steroid dienone is 2. The van der Waals surface area contributed by atoms with E-state index in [0.717, 1.165) is 0 Å². The highest BCUT2D eigenvalue weighted by molar-refractivity contribution is 6.67. The van der Waals surface area contributed by atoms with E-state index in [1.807, 2.05) is 18.9 Å². The van der Waals surface area contributed by atoms with Gasteiger partial charge in [-0.2, -0.15) is 0 Å². The first-order valence-electron chi connectivity index (χ1n) is 4.25. The van der Waals surface area contributed by atoms with Crippen LogP contribution in [0.15, 0.2) is 11.8 Å². The van der Waals surface area contributed by atoms with Gasteiger partial charge < -0.3 is 4.90 Å². The summed E-state index contributed by atoms with van der Waals surface area (Å²) in [6, 6.07) is 0.527. The minimum Gasteiger partial charge on any atom is -0.368 e. The molecule has 3 heteroatoms. The summed E-state index contributed by atoms with van der Waals surface area (Å²) in [5.41, 5.74) is 0.626. The van der Waals surface area contributed by atoms with Crippen LogP contribution in [-0.4, -0.2) is 23.2 Å². The fourth-order valence-corrected chi connectivity index (χ4v) is 1.67. The molecular weight excluding hydrogens is 174 g/mol. The van der Waals surface area contributed by atoms with Crippen molar-refractivity contribution < 1.29 is 4.79 Å². The second-order valence-electron chi connectivity index (χ2n) is 3.14. The molecule has 1 rings (SSSR count). The maximum absolute atomic E-state index is 10.9. The SMILES string of the molecule is C/C=C(/C(=O)Cl)N(C)C1CCC1. The Hall–Kier alpha value is -0.500. The Balaban J connectivity index is 2.59. The van der Waals surface area contributed by atoms with Crippen LogP contribution in [0.1, 0.15) is 26.2 Å². The lowest BCUT2D eigenvalue weighted by molar-refractivity contribution is -0.110. The first-order valence-corrected chi connectivity index (χ1v) is 4.63. The van der Waals surface area contributed by atoms with Gasteiger partial charge in [0.1, 0.15) is 0 Å². The van der Waals surface area contributed by atoms with E-state index in [-0.39, 0.29) is 5.24 Å². The maximum atomic E-state index is 10.9. The predicted octanol–water partition coefficient (Wildman–Crippen LogP) is 2.14. The van der Waals surface area contributed by atoms with E-state index in [9.17, 15) is 4.79 Å². The molecule has 0 saturated heterocycles. The van der Waals surface area contributed by atoms with E-state index in [1.54, 1.807) is 6.08 Å². The third-order valence-electron chi connectivity index (χ3n) is 2.48. The van der Waals surface area contributed by atoms with Crippen LogP contribution in [0.3, 0.4) is 0 Å². The van der Waals surface area contributed by atoms with E-state index in [0.29, 0.717) is 11.7 Å². The number of carbonyl (C=O) groups is 1. The molecule has 1 aliphatic rings. The largest absolute Gasteiger partial charge is 0.368 e. The van der Waals surface area contributed by atoms with Crippen molar-refractivity contribution in [1.82, 2.24) is 4.90 Å². The topological polar surface area (TPSA) is 20.3 Å². The molecule has 0 aromatic heterocycles. The summed E-state index contributed by atoms with van der Waals surface area (Å²) in [4.78, 5) is 12.9. The Morgan fingerprint density at radius 3 is 2.42 bits per heavy atom. The number of halogens is 1. The molecule has 0 N–H and O–H groups in total. The third-order valence-corrected chi connectivity index (χ3v) is 2.67. The van der Waals surface area contributed by atoms with Crippen LogP contribution >= 0.6 is 11.6 Å². The molecule has 2 nitrogen and oxygen atoms in total. The van der Waals surface area contributed by atoms with Crippen LogP contribution < -0.4 is 0 Å². The van der Waals surface area contributed by atoms with E-state index >= 15 is 0 Å². The van der Waals surface area contributed by atoms with Gasteiger partial charge in [-0.3, -0.25) is 4.79 Å². The summed E-state index contributed by atoms with van der Waals surface area (Å²) in [5.74, 6) is 0. The molecule has 0 amide bonds. The van der Waals surface area contributed by atoms with Crippen molar-refractivity contribution in [3.05, 3.63) is 11.8 Å². The van der Waals surface area contributed by atoms with E-state index in [4.69, 9.17) is 11.6 Å². The molecule has 1 saturated carbocycles. The van der Waals surface area contributed by atoms with Crippen LogP contribution in [0.5, 0.6) is 0 Å². The zero-order valence-electron chi connectivity index (χ0n) is 7.51. The van der Waals surface area contributed by atoms with E-state index in [2.05, 4.69) is 0 Å². The van der Waals surface area contributed by atoms with Gasteiger partial charge in [0.05, 0.1) is 5.70 Å². The average molecular weight is 188 g/mol. The van der Waals surface area contributed by atoms with Crippen LogP contribution in [0.2, 0.25) is 0 Å². The van der Waals surface area contributed by atoms with Crippen molar-refractivity contribution in [3.8, 4) is 0 Å². The van der Waals surface area contributed by atoms with Crippen molar-refractivity contribution in [2.45, 2.75) is 32.2 Å². The average Bonchev–Trinajstić information content (AvgIpc) is 1.83. The van der Waals surface area contributed by atoms with Gasteiger partial charge in [-0.1, -0.05) is 6.08 Å². The molecule has 1 fully saturated rings. The van der Waals surface area contributed by atoms with Gasteiger partial charge in [0.2, 0.25) is 0 Å². The molecule has 0 unspecified atom stereocenters. The number of hydrogen-bond donors (Lipinski definition) is 0. The minimum atomic E-state index is -0.355. The predicted molar refractivity (Wildman–Crippen MR) is 50.0 cm³/mol. The molecule has 0 radical (unpaired) electrons. The standard InChI is InChI=1S/C9H14ClNO/c1-3-8(9(10)12)11(2)7-5-4-6-7/h3,7H,4-6H2,1-2H3/b8-3-. The van der Waals surface area contributed by atoms with Gasteiger partial charge >= 0.3 is 0 Å². The molecule has 0 atom stereocenters. The Kier molecular flexibility index (Phi) is 3.15.